The maximum absolute atomic E-state index is 13.6. The predicted molar refractivity (Wildman–Crippen MR) is 279 cm³/mol. The average Bonchev–Trinajstić information content (AvgIpc) is 3.58. The average molecular weight is 1050 g/mol. The number of anilines is 6. The number of ether oxygens (including phenoxy) is 1. The lowest BCUT2D eigenvalue weighted by Gasteiger charge is -2.51. The predicted octanol–water partition coefficient (Wildman–Crippen LogP) is 6.39. The van der Waals surface area contributed by atoms with Gasteiger partial charge in [0.15, 0.2) is 0 Å². The van der Waals surface area contributed by atoms with E-state index in [1.807, 2.05) is 18.2 Å². The van der Waals surface area contributed by atoms with Gasteiger partial charge in [0.1, 0.15) is 30.3 Å². The number of methoxy groups -OCH3 is 1. The van der Waals surface area contributed by atoms with Crippen LogP contribution in [0.4, 0.5) is 34.5 Å². The zero-order chi connectivity index (χ0) is 49.9. The molecule has 0 radical (unpaired) electrons. The lowest BCUT2D eigenvalue weighted by Crippen LogP contribution is -2.63. The van der Waals surface area contributed by atoms with Crippen molar-refractivity contribution in [3.63, 3.8) is 0 Å². The summed E-state index contributed by atoms with van der Waals surface area (Å²) in [6, 6.07) is 13.7. The number of hydrogen-bond acceptors (Lipinski definition) is 16. The van der Waals surface area contributed by atoms with Crippen molar-refractivity contribution in [3.05, 3.63) is 82.2 Å². The van der Waals surface area contributed by atoms with Crippen LogP contribution in [0.5, 0.6) is 5.75 Å². The Morgan fingerprint density at radius 2 is 1.58 bits per heavy atom. The summed E-state index contributed by atoms with van der Waals surface area (Å²) in [5, 5.41) is 9.67. The molecule has 1 unspecified atom stereocenters. The van der Waals surface area contributed by atoms with Crippen molar-refractivity contribution in [1.82, 2.24) is 40.0 Å². The van der Waals surface area contributed by atoms with E-state index in [9.17, 15) is 23.7 Å². The molecule has 10 rings (SSSR count). The number of hydrogen-bond donors (Lipinski definition) is 3. The molecule has 5 aliphatic heterocycles. The largest absolute Gasteiger partial charge is 0.494 e. The Morgan fingerprint density at radius 3 is 2.28 bits per heavy atom. The molecule has 3 atom stereocenters. The van der Waals surface area contributed by atoms with E-state index >= 15 is 0 Å². The van der Waals surface area contributed by atoms with E-state index in [1.165, 1.54) is 11.3 Å². The van der Waals surface area contributed by atoms with Gasteiger partial charge < -0.3 is 29.7 Å². The summed E-state index contributed by atoms with van der Waals surface area (Å²) in [6.07, 6.45) is 8.12. The third-order valence-electron chi connectivity index (χ3n) is 14.8. The van der Waals surface area contributed by atoms with Crippen LogP contribution in [0.2, 0.25) is 0 Å². The SMILES string of the molecule is CCc1cc(Nc2ncc(Br)c(Nc3ccc4nccnc4c3P(C)(C)=O)n2)c(OC)cc1N1CCC(N2C[C@@H](C)N(CC3CN(c4ccc5c(c4)C(=O)N(C4CCC(=O)NC4=O)C5=O)C3)[C@@H](C)C2)CC1. The van der Waals surface area contributed by atoms with Gasteiger partial charge in [-0.05, 0) is 111 Å². The Morgan fingerprint density at radius 1 is 0.845 bits per heavy atom. The van der Waals surface area contributed by atoms with E-state index in [-0.39, 0.29) is 18.7 Å². The van der Waals surface area contributed by atoms with Crippen LogP contribution >= 0.6 is 23.1 Å². The molecule has 0 aliphatic carbocycles. The first-order valence-electron chi connectivity index (χ1n) is 24.5. The molecule has 3 N–H and O–H groups in total. The van der Waals surface area contributed by atoms with E-state index in [0.717, 1.165) is 81.4 Å². The Bertz CT molecular complexity index is 2980. The summed E-state index contributed by atoms with van der Waals surface area (Å²) in [5.74, 6) is 0.0941. The van der Waals surface area contributed by atoms with Crippen LogP contribution in [0.25, 0.3) is 11.0 Å². The van der Waals surface area contributed by atoms with Crippen LogP contribution < -0.4 is 35.8 Å². The number of piperidine rings is 2. The highest BCUT2D eigenvalue weighted by Gasteiger charge is 2.45. The monoisotopic (exact) mass is 1050 g/mol. The Kier molecular flexibility index (Phi) is 13.4. The van der Waals surface area contributed by atoms with Gasteiger partial charge in [-0.1, -0.05) is 6.92 Å². The van der Waals surface area contributed by atoms with Crippen molar-refractivity contribution in [2.75, 3.05) is 86.7 Å². The molecule has 18 nitrogen and oxygen atoms in total. The lowest BCUT2D eigenvalue weighted by molar-refractivity contribution is -0.136. The molecule has 5 aliphatic rings. The first kappa shape index (κ1) is 48.6. The van der Waals surface area contributed by atoms with Crippen LogP contribution in [0.1, 0.15) is 72.7 Å². The Balaban J connectivity index is 0.736. The number of nitrogens with zero attached hydrogens (tertiary/aromatic N) is 9. The van der Waals surface area contributed by atoms with Gasteiger partial charge in [-0.15, -0.1) is 0 Å². The standard InChI is InChI=1S/C51H60BrN12O6P/c1-7-32-20-40(57-51-55-23-37(52)47(59-51)56-39-11-10-38-45(54-17-16-53-38)46(39)71(5,6)69)43(70-4)22-42(32)60-18-14-33(15-19-60)61-24-29(2)63(30(3)25-61)28-31-26-62(27-31)34-8-9-35-36(21-34)50(68)64(49(35)67)41-12-13-44(65)58-48(41)66/h8-11,16-17,20-23,29-31,33,41H,7,12-15,18-19,24-28H2,1-6H3,(H,58,65,66)(H2,55,56,57,59)/t29-,30+,41?. The molecular formula is C51H60BrN12O6P. The summed E-state index contributed by atoms with van der Waals surface area (Å²) in [5.41, 5.74) is 6.56. The fourth-order valence-corrected chi connectivity index (χ4v) is 12.9. The fraction of sp³-hybridized carbons (Fsp3) is 0.451. The lowest BCUT2D eigenvalue weighted by atomic mass is 9.94. The van der Waals surface area contributed by atoms with E-state index in [2.05, 4.69) is 99.3 Å². The zero-order valence-corrected chi connectivity index (χ0v) is 43.4. The first-order chi connectivity index (χ1) is 34.1. The van der Waals surface area contributed by atoms with Crippen molar-refractivity contribution < 1.29 is 28.5 Å². The van der Waals surface area contributed by atoms with Gasteiger partial charge in [-0.25, -0.2) is 4.98 Å². The van der Waals surface area contributed by atoms with Gasteiger partial charge in [0.2, 0.25) is 17.8 Å². The van der Waals surface area contributed by atoms with Crippen molar-refractivity contribution in [3.8, 4) is 5.75 Å². The second kappa shape index (κ2) is 19.5. The third-order valence-corrected chi connectivity index (χ3v) is 17.0. The minimum absolute atomic E-state index is 0.0923. The number of imide groups is 2. The second-order valence-corrected chi connectivity index (χ2v) is 23.9. The van der Waals surface area contributed by atoms with E-state index in [1.54, 1.807) is 51.2 Å². The van der Waals surface area contributed by atoms with E-state index in [4.69, 9.17) is 9.72 Å². The number of fused-ring (bicyclic) bond motifs is 2. The Hall–Kier alpha value is -6.01. The van der Waals surface area contributed by atoms with Gasteiger partial charge in [-0.2, -0.15) is 4.98 Å². The molecule has 3 aromatic carbocycles. The number of nitrogens with one attached hydrogen (secondary N) is 3. The van der Waals surface area contributed by atoms with Crippen LogP contribution in [-0.4, -0.2) is 149 Å². The molecule has 5 aromatic rings. The van der Waals surface area contributed by atoms with Gasteiger partial charge in [0, 0.05) is 112 Å². The van der Waals surface area contributed by atoms with Crippen molar-refractivity contribution in [1.29, 1.82) is 0 Å². The molecule has 4 fully saturated rings. The van der Waals surface area contributed by atoms with Crippen LogP contribution in [0.3, 0.4) is 0 Å². The van der Waals surface area contributed by atoms with Gasteiger partial charge in [0.05, 0.1) is 44.9 Å². The number of aromatic nitrogens is 4. The highest BCUT2D eigenvalue weighted by atomic mass is 79.9. The number of carbonyl (C=O) groups excluding carboxylic acids is 4. The summed E-state index contributed by atoms with van der Waals surface area (Å²) < 4.78 is 20.2. The number of piperazine rings is 1. The van der Waals surface area contributed by atoms with Crippen LogP contribution in [0, 0.1) is 5.92 Å². The molecule has 4 saturated heterocycles. The van der Waals surface area contributed by atoms with Crippen LogP contribution in [-0.2, 0) is 20.6 Å². The summed E-state index contributed by atoms with van der Waals surface area (Å²) in [7, 11) is -1.11. The Labute approximate surface area is 421 Å². The minimum Gasteiger partial charge on any atom is -0.494 e. The molecule has 372 valence electrons. The van der Waals surface area contributed by atoms with Gasteiger partial charge in [0.25, 0.3) is 11.8 Å². The van der Waals surface area contributed by atoms with Crippen LogP contribution in [0.15, 0.2) is 65.5 Å². The molecule has 0 saturated carbocycles. The fourth-order valence-electron chi connectivity index (χ4n) is 11.3. The quantitative estimate of drug-likeness (QED) is 0.0866. The summed E-state index contributed by atoms with van der Waals surface area (Å²) >= 11 is 3.61. The van der Waals surface area contributed by atoms with Gasteiger partial charge in [-0.3, -0.25) is 49.2 Å². The maximum atomic E-state index is 13.6. The summed E-state index contributed by atoms with van der Waals surface area (Å²) in [4.78, 5) is 80.4. The maximum Gasteiger partial charge on any atom is 0.262 e. The normalized spacial score (nSPS) is 21.7. The van der Waals surface area contributed by atoms with E-state index in [0.29, 0.717) is 79.2 Å². The molecule has 0 bridgehead atoms. The molecular weight excluding hydrogens is 988 g/mol. The molecule has 2 aromatic heterocycles. The summed E-state index contributed by atoms with van der Waals surface area (Å²) in [6.45, 7) is 17.0. The number of carbonyl (C=O) groups is 4. The molecule has 71 heavy (non-hydrogen) atoms. The number of halogens is 1. The molecule has 0 spiro atoms. The van der Waals surface area contributed by atoms with Gasteiger partial charge >= 0.3 is 0 Å². The topological polar surface area (TPSA) is 198 Å². The van der Waals surface area contributed by atoms with Crippen molar-refractivity contribution in [2.45, 2.75) is 77.0 Å². The first-order valence-corrected chi connectivity index (χ1v) is 27.9. The number of rotatable bonds is 13. The minimum atomic E-state index is -2.79. The molecule has 7 heterocycles. The molecule has 4 amide bonds. The smallest absolute Gasteiger partial charge is 0.262 e. The van der Waals surface area contributed by atoms with E-state index < -0.39 is 30.9 Å². The second-order valence-electron chi connectivity index (χ2n) is 19.9. The highest BCUT2D eigenvalue weighted by Crippen LogP contribution is 2.42. The number of aryl methyl sites for hydroxylation is 1. The van der Waals surface area contributed by atoms with Crippen molar-refractivity contribution >= 4 is 97.6 Å². The third kappa shape index (κ3) is 9.49. The zero-order valence-electron chi connectivity index (χ0n) is 40.9. The highest BCUT2D eigenvalue weighted by molar-refractivity contribution is 9.10. The number of amides is 4. The number of benzene rings is 3. The molecule has 20 heteroatoms. The van der Waals surface area contributed by atoms with Crippen molar-refractivity contribution in [2.24, 2.45) is 5.92 Å².